The zero-order valence-corrected chi connectivity index (χ0v) is 17.7. The second kappa shape index (κ2) is 38.4. The van der Waals surface area contributed by atoms with Gasteiger partial charge in [-0.3, -0.25) is 0 Å². The van der Waals surface area contributed by atoms with Gasteiger partial charge in [-0.1, -0.05) is 6.92 Å². The van der Waals surface area contributed by atoms with Crippen LogP contribution in [0.2, 0.25) is 0 Å². The van der Waals surface area contributed by atoms with Gasteiger partial charge in [0.1, 0.15) is 0 Å². The lowest BCUT2D eigenvalue weighted by atomic mass is 10.4. The Morgan fingerprint density at radius 3 is 1.38 bits per heavy atom. The first-order valence-electron chi connectivity index (χ1n) is 8.70. The summed E-state index contributed by atoms with van der Waals surface area (Å²) < 4.78 is 28.9. The minimum absolute atomic E-state index is 0.231. The predicted molar refractivity (Wildman–Crippen MR) is 101 cm³/mol. The van der Waals surface area contributed by atoms with Crippen molar-refractivity contribution in [2.24, 2.45) is 0 Å². The van der Waals surface area contributed by atoms with Crippen molar-refractivity contribution >= 4 is 0 Å². The van der Waals surface area contributed by atoms with Gasteiger partial charge in [-0.25, -0.2) is 0 Å². The molecule has 152 valence electrons. The molecule has 0 aromatic rings. The fraction of sp³-hybridized carbons (Fsp3) is 1.00. The molecule has 0 N–H and O–H groups in total. The smallest absolute Gasteiger partial charge is 0.0776 e. The molecule has 0 saturated carbocycles. The van der Waals surface area contributed by atoms with Crippen molar-refractivity contribution in [3.8, 4) is 0 Å². The number of ether oxygens (including phenoxy) is 6. The highest BCUT2D eigenvalue weighted by atomic mass is 16.5. The Bertz CT molecular complexity index is 150. The van der Waals surface area contributed by atoms with E-state index in [0.29, 0.717) is 19.8 Å². The van der Waals surface area contributed by atoms with Gasteiger partial charge >= 0.3 is 0 Å². The van der Waals surface area contributed by atoms with Gasteiger partial charge in [-0.15, -0.1) is 0 Å². The maximum Gasteiger partial charge on any atom is 0.0776 e. The van der Waals surface area contributed by atoms with Crippen molar-refractivity contribution in [1.29, 1.82) is 0 Å². The second-order valence-corrected chi connectivity index (χ2v) is 4.47. The molecule has 0 bridgehead atoms. The molecule has 0 aliphatic heterocycles. The van der Waals surface area contributed by atoms with Crippen LogP contribution < -0.4 is 0 Å². The minimum Gasteiger partial charge on any atom is -0.385 e. The van der Waals surface area contributed by atoms with Crippen LogP contribution in [0.1, 0.15) is 41.0 Å². The SMILES string of the molecule is CCCOC.CCOC.CCOCC(C)OC.CCOCCOC. The lowest BCUT2D eigenvalue weighted by Crippen LogP contribution is -2.13. The predicted octanol–water partition coefficient (Wildman–Crippen LogP) is 3.42. The molecule has 0 radical (unpaired) electrons. The Labute approximate surface area is 151 Å². The molecule has 6 nitrogen and oxygen atoms in total. The normalized spacial score (nSPS) is 10.4. The standard InChI is InChI=1S/C6H14O2.C5H12O2.C4H10O.C3H8O/c1-4-8-5-6(2)7-3;1-3-7-5-4-6-2;1-3-4-5-2;1-3-4-2/h6H,4-5H2,1-3H3;3-5H2,1-2H3;3-4H2,1-2H3;3H2,1-2H3. The molecule has 0 aromatic heterocycles. The molecular weight excluding hydrogens is 312 g/mol. The van der Waals surface area contributed by atoms with Crippen LogP contribution in [-0.2, 0) is 28.4 Å². The Kier molecular flexibility index (Phi) is 50.4. The maximum atomic E-state index is 5.06. The van der Waals surface area contributed by atoms with E-state index < -0.39 is 0 Å². The first-order valence-corrected chi connectivity index (χ1v) is 8.70. The van der Waals surface area contributed by atoms with Gasteiger partial charge in [-0.2, -0.15) is 0 Å². The van der Waals surface area contributed by atoms with Gasteiger partial charge in [0.15, 0.2) is 0 Å². The van der Waals surface area contributed by atoms with E-state index in [9.17, 15) is 0 Å². The summed E-state index contributed by atoms with van der Waals surface area (Å²) in [5.74, 6) is 0. The minimum atomic E-state index is 0.231. The maximum absolute atomic E-state index is 5.06. The Morgan fingerprint density at radius 1 is 0.625 bits per heavy atom. The van der Waals surface area contributed by atoms with Crippen LogP contribution >= 0.6 is 0 Å². The molecule has 0 spiro atoms. The topological polar surface area (TPSA) is 55.4 Å². The van der Waals surface area contributed by atoms with Crippen molar-refractivity contribution in [1.82, 2.24) is 0 Å². The van der Waals surface area contributed by atoms with Crippen LogP contribution in [-0.4, -0.2) is 80.8 Å². The lowest BCUT2D eigenvalue weighted by molar-refractivity contribution is 0.0232. The molecule has 0 saturated heterocycles. The van der Waals surface area contributed by atoms with Crippen molar-refractivity contribution in [3.63, 3.8) is 0 Å². The summed E-state index contributed by atoms with van der Waals surface area (Å²) in [6.45, 7) is 15.3. The van der Waals surface area contributed by atoms with Crippen LogP contribution in [0.25, 0.3) is 0 Å². The fourth-order valence-electron chi connectivity index (χ4n) is 0.843. The van der Waals surface area contributed by atoms with E-state index in [4.69, 9.17) is 23.7 Å². The first-order chi connectivity index (χ1) is 11.6. The largest absolute Gasteiger partial charge is 0.385 e. The monoisotopic (exact) mass is 356 g/mol. The quantitative estimate of drug-likeness (QED) is 0.529. The summed E-state index contributed by atoms with van der Waals surface area (Å²) in [6, 6.07) is 0. The van der Waals surface area contributed by atoms with E-state index in [0.717, 1.165) is 32.8 Å². The van der Waals surface area contributed by atoms with Crippen LogP contribution in [0.5, 0.6) is 0 Å². The van der Waals surface area contributed by atoms with Gasteiger partial charge in [0.25, 0.3) is 0 Å². The van der Waals surface area contributed by atoms with Gasteiger partial charge in [0.2, 0.25) is 0 Å². The highest BCUT2D eigenvalue weighted by Gasteiger charge is 1.95. The molecule has 1 atom stereocenters. The summed E-state index contributed by atoms with van der Waals surface area (Å²) in [7, 11) is 6.74. The van der Waals surface area contributed by atoms with Gasteiger partial charge < -0.3 is 28.4 Å². The Morgan fingerprint density at radius 2 is 1.12 bits per heavy atom. The van der Waals surface area contributed by atoms with Crippen LogP contribution in [0.4, 0.5) is 0 Å². The third-order valence-electron chi connectivity index (χ3n) is 2.29. The molecule has 0 amide bonds. The molecule has 6 heteroatoms. The van der Waals surface area contributed by atoms with Crippen molar-refractivity contribution < 1.29 is 28.4 Å². The van der Waals surface area contributed by atoms with Gasteiger partial charge in [-0.05, 0) is 34.1 Å². The van der Waals surface area contributed by atoms with Crippen LogP contribution in [0, 0.1) is 0 Å². The van der Waals surface area contributed by atoms with E-state index in [1.54, 1.807) is 28.4 Å². The van der Waals surface area contributed by atoms with Crippen molar-refractivity contribution in [2.45, 2.75) is 47.1 Å². The third kappa shape index (κ3) is 57.6. The molecule has 0 aliphatic rings. The summed E-state index contributed by atoms with van der Waals surface area (Å²) in [5, 5.41) is 0. The summed E-state index contributed by atoms with van der Waals surface area (Å²) in [4.78, 5) is 0. The number of hydrogen-bond donors (Lipinski definition) is 0. The average Bonchev–Trinajstić information content (AvgIpc) is 2.62. The van der Waals surface area contributed by atoms with E-state index in [-0.39, 0.29) is 6.10 Å². The Balaban J connectivity index is -0.000000115. The van der Waals surface area contributed by atoms with E-state index in [1.807, 2.05) is 27.7 Å². The molecule has 1 unspecified atom stereocenters. The van der Waals surface area contributed by atoms with E-state index in [2.05, 4.69) is 11.7 Å². The van der Waals surface area contributed by atoms with Crippen LogP contribution in [0.3, 0.4) is 0 Å². The molecule has 0 heterocycles. The van der Waals surface area contributed by atoms with E-state index >= 15 is 0 Å². The average molecular weight is 357 g/mol. The number of hydrogen-bond acceptors (Lipinski definition) is 6. The second-order valence-electron chi connectivity index (χ2n) is 4.47. The van der Waals surface area contributed by atoms with Crippen molar-refractivity contribution in [3.05, 3.63) is 0 Å². The highest BCUT2D eigenvalue weighted by molar-refractivity contribution is 4.42. The number of methoxy groups -OCH3 is 4. The van der Waals surface area contributed by atoms with Gasteiger partial charge in [0.05, 0.1) is 25.9 Å². The summed E-state index contributed by atoms with van der Waals surface area (Å²) >= 11 is 0. The first kappa shape index (κ1) is 31.5. The summed E-state index contributed by atoms with van der Waals surface area (Å²) in [6.07, 6.45) is 1.35. The molecule has 24 heavy (non-hydrogen) atoms. The van der Waals surface area contributed by atoms with E-state index in [1.165, 1.54) is 0 Å². The molecular formula is C18H44O6. The zero-order chi connectivity index (χ0) is 19.5. The van der Waals surface area contributed by atoms with Gasteiger partial charge in [0, 0.05) is 54.9 Å². The van der Waals surface area contributed by atoms with Crippen LogP contribution in [0.15, 0.2) is 0 Å². The molecule has 0 aromatic carbocycles. The molecule has 0 fully saturated rings. The lowest BCUT2D eigenvalue weighted by Gasteiger charge is -2.07. The molecule has 0 aliphatic carbocycles. The summed E-state index contributed by atoms with van der Waals surface area (Å²) in [5.41, 5.74) is 0. The Hall–Kier alpha value is -0.240. The highest BCUT2D eigenvalue weighted by Crippen LogP contribution is 1.86. The third-order valence-corrected chi connectivity index (χ3v) is 2.29. The number of rotatable bonds is 11. The molecule has 0 rings (SSSR count). The zero-order valence-electron chi connectivity index (χ0n) is 17.7. The van der Waals surface area contributed by atoms with Crippen molar-refractivity contribution in [2.75, 3.05) is 74.7 Å². The fourth-order valence-corrected chi connectivity index (χ4v) is 0.843.